The summed E-state index contributed by atoms with van der Waals surface area (Å²) in [5.74, 6) is 0.847. The molecule has 0 aliphatic carbocycles. The van der Waals surface area contributed by atoms with Crippen LogP contribution in [0.3, 0.4) is 0 Å². The van der Waals surface area contributed by atoms with Crippen LogP contribution in [-0.2, 0) is 6.54 Å². The molecule has 0 bridgehead atoms. The molecular formula is C14H15Cl2N3O. The second-order valence-electron chi connectivity index (χ2n) is 4.56. The Hall–Kier alpha value is -1.36. The summed E-state index contributed by atoms with van der Waals surface area (Å²) in [4.78, 5) is 8.47. The molecular weight excluding hydrogens is 297 g/mol. The van der Waals surface area contributed by atoms with Crippen LogP contribution in [0.4, 0.5) is 0 Å². The first-order valence-corrected chi connectivity index (χ1v) is 6.97. The van der Waals surface area contributed by atoms with Gasteiger partial charge in [-0.15, -0.1) is 0 Å². The summed E-state index contributed by atoms with van der Waals surface area (Å²) in [6, 6.07) is 5.40. The van der Waals surface area contributed by atoms with Crippen LogP contribution in [-0.4, -0.2) is 16.0 Å². The second-order valence-corrected chi connectivity index (χ2v) is 5.40. The molecule has 0 atom stereocenters. The van der Waals surface area contributed by atoms with Crippen LogP contribution in [0.5, 0.6) is 11.6 Å². The Labute approximate surface area is 128 Å². The molecule has 0 aliphatic rings. The molecule has 4 nitrogen and oxygen atoms in total. The zero-order valence-corrected chi connectivity index (χ0v) is 12.7. The fraction of sp³-hybridized carbons (Fsp3) is 0.286. The standard InChI is InChI=1S/C14H15Cl2N3O/c1-9(2)18-7-11-6-17-8-14(19-11)20-13-5-10(15)3-4-12(13)16/h3-6,8-9,18H,7H2,1-2H3. The van der Waals surface area contributed by atoms with E-state index in [1.807, 2.05) is 0 Å². The minimum atomic E-state index is 0.378. The van der Waals surface area contributed by atoms with Gasteiger partial charge in [-0.25, -0.2) is 4.98 Å². The fourth-order valence-electron chi connectivity index (χ4n) is 1.50. The van der Waals surface area contributed by atoms with Gasteiger partial charge in [0.1, 0.15) is 5.75 Å². The van der Waals surface area contributed by atoms with Crippen molar-refractivity contribution in [1.82, 2.24) is 15.3 Å². The molecule has 0 saturated heterocycles. The average molecular weight is 312 g/mol. The van der Waals surface area contributed by atoms with Crippen LogP contribution in [0.15, 0.2) is 30.6 Å². The van der Waals surface area contributed by atoms with Gasteiger partial charge in [-0.3, -0.25) is 4.98 Å². The van der Waals surface area contributed by atoms with Crippen molar-refractivity contribution in [2.75, 3.05) is 0 Å². The Bertz CT molecular complexity index is 590. The van der Waals surface area contributed by atoms with Crippen molar-refractivity contribution >= 4 is 23.2 Å². The van der Waals surface area contributed by atoms with E-state index in [0.717, 1.165) is 5.69 Å². The lowest BCUT2D eigenvalue weighted by molar-refractivity contribution is 0.455. The summed E-state index contributed by atoms with van der Waals surface area (Å²) in [7, 11) is 0. The smallest absolute Gasteiger partial charge is 0.238 e. The van der Waals surface area contributed by atoms with E-state index in [9.17, 15) is 0 Å². The number of nitrogens with one attached hydrogen (secondary N) is 1. The van der Waals surface area contributed by atoms with Crippen LogP contribution in [0.2, 0.25) is 10.0 Å². The SMILES string of the molecule is CC(C)NCc1cncc(Oc2cc(Cl)ccc2Cl)n1. The first-order chi connectivity index (χ1) is 9.54. The molecule has 6 heteroatoms. The predicted molar refractivity (Wildman–Crippen MR) is 80.5 cm³/mol. The number of benzene rings is 1. The van der Waals surface area contributed by atoms with Gasteiger partial charge in [0, 0.05) is 29.9 Å². The van der Waals surface area contributed by atoms with E-state index in [-0.39, 0.29) is 0 Å². The summed E-state index contributed by atoms with van der Waals surface area (Å²) < 4.78 is 5.62. The summed E-state index contributed by atoms with van der Waals surface area (Å²) >= 11 is 12.0. The molecule has 0 aliphatic heterocycles. The maximum absolute atomic E-state index is 6.04. The molecule has 0 spiro atoms. The lowest BCUT2D eigenvalue weighted by Gasteiger charge is -2.09. The van der Waals surface area contributed by atoms with Gasteiger partial charge in [-0.05, 0) is 12.1 Å². The van der Waals surface area contributed by atoms with Crippen LogP contribution < -0.4 is 10.1 Å². The highest BCUT2D eigenvalue weighted by molar-refractivity contribution is 6.34. The molecule has 0 saturated carbocycles. The van der Waals surface area contributed by atoms with E-state index >= 15 is 0 Å². The third-order valence-electron chi connectivity index (χ3n) is 2.46. The third-order valence-corrected chi connectivity index (χ3v) is 3.01. The molecule has 0 amide bonds. The van der Waals surface area contributed by atoms with Crippen LogP contribution >= 0.6 is 23.2 Å². The number of ether oxygens (including phenoxy) is 1. The normalized spacial score (nSPS) is 10.8. The molecule has 2 aromatic rings. The third kappa shape index (κ3) is 4.34. The van der Waals surface area contributed by atoms with E-state index in [1.165, 1.54) is 6.20 Å². The van der Waals surface area contributed by atoms with Crippen molar-refractivity contribution in [2.24, 2.45) is 0 Å². The number of aromatic nitrogens is 2. The van der Waals surface area contributed by atoms with Gasteiger partial charge < -0.3 is 10.1 Å². The highest BCUT2D eigenvalue weighted by Crippen LogP contribution is 2.30. The second kappa shape index (κ2) is 6.88. The predicted octanol–water partition coefficient (Wildman–Crippen LogP) is 4.07. The Morgan fingerprint density at radius 2 is 2.05 bits per heavy atom. The lowest BCUT2D eigenvalue weighted by Crippen LogP contribution is -2.22. The van der Waals surface area contributed by atoms with E-state index in [0.29, 0.717) is 34.3 Å². The first-order valence-electron chi connectivity index (χ1n) is 6.22. The molecule has 0 unspecified atom stereocenters. The van der Waals surface area contributed by atoms with Crippen molar-refractivity contribution in [2.45, 2.75) is 26.4 Å². The zero-order chi connectivity index (χ0) is 14.5. The number of rotatable bonds is 5. The first kappa shape index (κ1) is 15.0. The maximum atomic E-state index is 6.04. The number of hydrogen-bond donors (Lipinski definition) is 1. The molecule has 1 aromatic carbocycles. The molecule has 106 valence electrons. The van der Waals surface area contributed by atoms with E-state index < -0.39 is 0 Å². The van der Waals surface area contributed by atoms with Gasteiger partial charge in [0.05, 0.1) is 16.9 Å². The van der Waals surface area contributed by atoms with Crippen LogP contribution in [0.1, 0.15) is 19.5 Å². The Morgan fingerprint density at radius 1 is 1.25 bits per heavy atom. The maximum Gasteiger partial charge on any atom is 0.238 e. The highest BCUT2D eigenvalue weighted by Gasteiger charge is 2.07. The zero-order valence-electron chi connectivity index (χ0n) is 11.2. The van der Waals surface area contributed by atoms with E-state index in [4.69, 9.17) is 27.9 Å². The van der Waals surface area contributed by atoms with Gasteiger partial charge in [0.2, 0.25) is 5.88 Å². The van der Waals surface area contributed by atoms with Crippen molar-refractivity contribution in [1.29, 1.82) is 0 Å². The van der Waals surface area contributed by atoms with Crippen molar-refractivity contribution < 1.29 is 4.74 Å². The van der Waals surface area contributed by atoms with E-state index in [2.05, 4.69) is 29.1 Å². The highest BCUT2D eigenvalue weighted by atomic mass is 35.5. The van der Waals surface area contributed by atoms with E-state index in [1.54, 1.807) is 24.4 Å². The summed E-state index contributed by atoms with van der Waals surface area (Å²) in [5.41, 5.74) is 0.800. The number of nitrogens with zero attached hydrogens (tertiary/aromatic N) is 2. The number of halogens is 2. The van der Waals surface area contributed by atoms with Gasteiger partial charge in [-0.1, -0.05) is 37.0 Å². The van der Waals surface area contributed by atoms with Gasteiger partial charge in [0.15, 0.2) is 0 Å². The summed E-state index contributed by atoms with van der Waals surface area (Å²) in [5, 5.41) is 4.29. The monoisotopic (exact) mass is 311 g/mol. The molecule has 0 radical (unpaired) electrons. The minimum Gasteiger partial charge on any atom is -0.436 e. The quantitative estimate of drug-likeness (QED) is 0.904. The topological polar surface area (TPSA) is 47.0 Å². The van der Waals surface area contributed by atoms with Gasteiger partial charge in [0.25, 0.3) is 0 Å². The van der Waals surface area contributed by atoms with Gasteiger partial charge >= 0.3 is 0 Å². The Morgan fingerprint density at radius 3 is 2.80 bits per heavy atom. The van der Waals surface area contributed by atoms with Crippen molar-refractivity contribution in [3.05, 3.63) is 46.3 Å². The average Bonchev–Trinajstić information content (AvgIpc) is 2.41. The van der Waals surface area contributed by atoms with Crippen LogP contribution in [0.25, 0.3) is 0 Å². The Kier molecular flexibility index (Phi) is 5.17. The molecule has 2 rings (SSSR count). The van der Waals surface area contributed by atoms with Crippen molar-refractivity contribution in [3.63, 3.8) is 0 Å². The minimum absolute atomic E-state index is 0.378. The molecule has 1 heterocycles. The fourth-order valence-corrected chi connectivity index (χ4v) is 1.82. The summed E-state index contributed by atoms with van der Waals surface area (Å²) in [6.07, 6.45) is 3.23. The largest absolute Gasteiger partial charge is 0.436 e. The molecule has 20 heavy (non-hydrogen) atoms. The van der Waals surface area contributed by atoms with Gasteiger partial charge in [-0.2, -0.15) is 0 Å². The Balaban J connectivity index is 2.13. The van der Waals surface area contributed by atoms with Crippen LogP contribution in [0, 0.1) is 0 Å². The lowest BCUT2D eigenvalue weighted by atomic mass is 10.3. The number of hydrogen-bond acceptors (Lipinski definition) is 4. The molecule has 0 fully saturated rings. The summed E-state index contributed by atoms with van der Waals surface area (Å²) in [6.45, 7) is 4.77. The molecule has 1 aromatic heterocycles. The van der Waals surface area contributed by atoms with Crippen molar-refractivity contribution in [3.8, 4) is 11.6 Å². The molecule has 1 N–H and O–H groups in total.